The maximum absolute atomic E-state index is 12.2. The molecule has 124 valence electrons. The summed E-state index contributed by atoms with van der Waals surface area (Å²) < 4.78 is 25.8. The number of piperidine rings is 1. The molecule has 6 nitrogen and oxygen atoms in total. The lowest BCUT2D eigenvalue weighted by Gasteiger charge is -2.31. The molecule has 8 heteroatoms. The molecule has 1 atom stereocenters. The zero-order valence-corrected chi connectivity index (χ0v) is 14.0. The predicted molar refractivity (Wildman–Crippen MR) is 82.7 cm³/mol. The van der Waals surface area contributed by atoms with Gasteiger partial charge in [0.25, 0.3) is 0 Å². The Hall–Kier alpha value is -0.370. The van der Waals surface area contributed by atoms with Gasteiger partial charge in [-0.2, -0.15) is 0 Å². The molecule has 1 saturated heterocycles. The Morgan fingerprint density at radius 2 is 2.05 bits per heavy atom. The van der Waals surface area contributed by atoms with Crippen LogP contribution in [-0.2, 0) is 14.8 Å². The molecule has 1 aliphatic rings. The molecule has 1 aliphatic heterocycles. The molecule has 1 rings (SSSR count). The molecule has 0 aromatic carbocycles. The lowest BCUT2D eigenvalue weighted by atomic mass is 9.97. The molecule has 2 N–H and O–H groups in total. The second kappa shape index (κ2) is 8.92. The van der Waals surface area contributed by atoms with E-state index in [1.807, 2.05) is 6.92 Å². The fraction of sp³-hybridized carbons (Fsp3) is 0.923. The summed E-state index contributed by atoms with van der Waals surface area (Å²) >= 11 is 5.67. The summed E-state index contributed by atoms with van der Waals surface area (Å²) in [6.45, 7) is 3.09. The number of aliphatic hydroxyl groups excluding tert-OH is 1. The van der Waals surface area contributed by atoms with Crippen LogP contribution in [0.4, 0.5) is 0 Å². The van der Waals surface area contributed by atoms with Gasteiger partial charge in [-0.05, 0) is 25.2 Å². The van der Waals surface area contributed by atoms with Gasteiger partial charge >= 0.3 is 0 Å². The lowest BCUT2D eigenvalue weighted by Crippen LogP contribution is -2.44. The van der Waals surface area contributed by atoms with Crippen LogP contribution >= 0.6 is 11.6 Å². The van der Waals surface area contributed by atoms with Crippen molar-refractivity contribution in [3.63, 3.8) is 0 Å². The first-order chi connectivity index (χ1) is 9.90. The van der Waals surface area contributed by atoms with Gasteiger partial charge in [0.2, 0.25) is 15.9 Å². The van der Waals surface area contributed by atoms with Crippen LogP contribution in [-0.4, -0.2) is 61.6 Å². The van der Waals surface area contributed by atoms with Crippen molar-refractivity contribution < 1.29 is 18.3 Å². The van der Waals surface area contributed by atoms with Crippen molar-refractivity contribution in [2.45, 2.75) is 26.2 Å². The topological polar surface area (TPSA) is 86.7 Å². The number of hydrogen-bond acceptors (Lipinski definition) is 4. The van der Waals surface area contributed by atoms with Crippen LogP contribution < -0.4 is 5.32 Å². The minimum absolute atomic E-state index is 0.0466. The highest BCUT2D eigenvalue weighted by molar-refractivity contribution is 7.89. The monoisotopic (exact) mass is 340 g/mol. The average Bonchev–Trinajstić information content (AvgIpc) is 2.47. The highest BCUT2D eigenvalue weighted by Gasteiger charge is 2.31. The molecular weight excluding hydrogens is 316 g/mol. The standard InChI is InChI=1S/C13H25ClN2O4S/c1-11(9-14)10-21(19,20)16-6-3-12(4-7-16)13(18)15-5-2-8-17/h11-12,17H,2-10H2,1H3,(H,15,18). The van der Waals surface area contributed by atoms with Crippen molar-refractivity contribution in [1.29, 1.82) is 0 Å². The largest absolute Gasteiger partial charge is 0.396 e. The van der Waals surface area contributed by atoms with E-state index in [4.69, 9.17) is 16.7 Å². The van der Waals surface area contributed by atoms with Crippen LogP contribution in [0.3, 0.4) is 0 Å². The molecule has 0 saturated carbocycles. The van der Waals surface area contributed by atoms with E-state index in [2.05, 4.69) is 5.32 Å². The molecule has 0 aliphatic carbocycles. The molecule has 0 bridgehead atoms. The summed E-state index contributed by atoms with van der Waals surface area (Å²) in [6, 6.07) is 0. The molecular formula is C13H25ClN2O4S. The van der Waals surface area contributed by atoms with Gasteiger partial charge in [-0.25, -0.2) is 12.7 Å². The fourth-order valence-corrected chi connectivity index (χ4v) is 4.39. The van der Waals surface area contributed by atoms with E-state index in [1.54, 1.807) is 0 Å². The number of carbonyl (C=O) groups is 1. The Labute approximate surface area is 131 Å². The highest BCUT2D eigenvalue weighted by atomic mass is 35.5. The minimum Gasteiger partial charge on any atom is -0.396 e. The molecule has 0 aromatic rings. The minimum atomic E-state index is -3.28. The molecule has 1 fully saturated rings. The van der Waals surface area contributed by atoms with Gasteiger partial charge in [-0.15, -0.1) is 11.6 Å². The van der Waals surface area contributed by atoms with Crippen molar-refractivity contribution >= 4 is 27.5 Å². The first kappa shape index (κ1) is 18.7. The summed E-state index contributed by atoms with van der Waals surface area (Å²) in [6.07, 6.45) is 1.62. The van der Waals surface area contributed by atoms with Crippen LogP contribution in [0, 0.1) is 11.8 Å². The lowest BCUT2D eigenvalue weighted by molar-refractivity contribution is -0.126. The van der Waals surface area contributed by atoms with Crippen LogP contribution in [0.5, 0.6) is 0 Å². The third-order valence-electron chi connectivity index (χ3n) is 3.61. The van der Waals surface area contributed by atoms with Gasteiger partial charge in [0.05, 0.1) is 5.75 Å². The van der Waals surface area contributed by atoms with Gasteiger partial charge in [0, 0.05) is 38.0 Å². The summed E-state index contributed by atoms with van der Waals surface area (Å²) in [5.74, 6) is 0.124. The zero-order chi connectivity index (χ0) is 15.9. The van der Waals surface area contributed by atoms with Crippen molar-refractivity contribution in [2.24, 2.45) is 11.8 Å². The number of amides is 1. The van der Waals surface area contributed by atoms with Gasteiger partial charge in [-0.1, -0.05) is 6.92 Å². The van der Waals surface area contributed by atoms with E-state index in [0.717, 1.165) is 0 Å². The number of aliphatic hydroxyl groups is 1. The molecule has 1 unspecified atom stereocenters. The number of halogens is 1. The second-order valence-electron chi connectivity index (χ2n) is 5.58. The third kappa shape index (κ3) is 6.10. The Kier molecular flexibility index (Phi) is 7.94. The number of hydrogen-bond donors (Lipinski definition) is 2. The number of nitrogens with one attached hydrogen (secondary N) is 1. The number of alkyl halides is 1. The number of carbonyl (C=O) groups excluding carboxylic acids is 1. The number of sulfonamides is 1. The first-order valence-corrected chi connectivity index (χ1v) is 9.47. The van der Waals surface area contributed by atoms with Gasteiger partial charge < -0.3 is 10.4 Å². The molecule has 0 radical (unpaired) electrons. The maximum atomic E-state index is 12.2. The van der Waals surface area contributed by atoms with Gasteiger partial charge in [0.1, 0.15) is 0 Å². The SMILES string of the molecule is CC(CCl)CS(=O)(=O)N1CCC(C(=O)NCCCO)CC1. The third-order valence-corrected chi connectivity index (χ3v) is 6.28. The summed E-state index contributed by atoms with van der Waals surface area (Å²) in [5, 5.41) is 11.4. The molecule has 1 heterocycles. The summed E-state index contributed by atoms with van der Waals surface area (Å²) in [4.78, 5) is 11.9. The Bertz CT molecular complexity index is 422. The highest BCUT2D eigenvalue weighted by Crippen LogP contribution is 2.21. The second-order valence-corrected chi connectivity index (χ2v) is 7.90. The number of nitrogens with zero attached hydrogens (tertiary/aromatic N) is 1. The van der Waals surface area contributed by atoms with E-state index in [0.29, 0.717) is 44.8 Å². The van der Waals surface area contributed by atoms with Gasteiger partial charge in [0.15, 0.2) is 0 Å². The number of rotatable bonds is 8. The summed E-state index contributed by atoms with van der Waals surface area (Å²) in [5.41, 5.74) is 0. The normalized spacial score (nSPS) is 19.4. The maximum Gasteiger partial charge on any atom is 0.223 e. The van der Waals surface area contributed by atoms with E-state index < -0.39 is 10.0 Å². The molecule has 0 spiro atoms. The van der Waals surface area contributed by atoms with Gasteiger partial charge in [-0.3, -0.25) is 4.79 Å². The average molecular weight is 341 g/mol. The quantitative estimate of drug-likeness (QED) is 0.494. The predicted octanol–water partition coefficient (Wildman–Crippen LogP) is 0.402. The van der Waals surface area contributed by atoms with Crippen LogP contribution in [0.1, 0.15) is 26.2 Å². The summed E-state index contributed by atoms with van der Waals surface area (Å²) in [7, 11) is -3.28. The first-order valence-electron chi connectivity index (χ1n) is 7.33. The fourth-order valence-electron chi connectivity index (χ4n) is 2.34. The Balaban J connectivity index is 2.42. The van der Waals surface area contributed by atoms with Crippen LogP contribution in [0.15, 0.2) is 0 Å². The van der Waals surface area contributed by atoms with Crippen molar-refractivity contribution in [2.75, 3.05) is 37.9 Å². The Morgan fingerprint density at radius 3 is 2.57 bits per heavy atom. The van der Waals surface area contributed by atoms with E-state index >= 15 is 0 Å². The van der Waals surface area contributed by atoms with Crippen molar-refractivity contribution in [1.82, 2.24) is 9.62 Å². The van der Waals surface area contributed by atoms with E-state index in [9.17, 15) is 13.2 Å². The Morgan fingerprint density at radius 1 is 1.43 bits per heavy atom. The zero-order valence-electron chi connectivity index (χ0n) is 12.4. The molecule has 0 aromatic heterocycles. The van der Waals surface area contributed by atoms with E-state index in [1.165, 1.54) is 4.31 Å². The van der Waals surface area contributed by atoms with Crippen molar-refractivity contribution in [3.05, 3.63) is 0 Å². The smallest absolute Gasteiger partial charge is 0.223 e. The van der Waals surface area contributed by atoms with Crippen molar-refractivity contribution in [3.8, 4) is 0 Å². The molecule has 21 heavy (non-hydrogen) atoms. The van der Waals surface area contributed by atoms with Crippen LogP contribution in [0.2, 0.25) is 0 Å². The molecule has 1 amide bonds. The van der Waals surface area contributed by atoms with Crippen LogP contribution in [0.25, 0.3) is 0 Å². The van der Waals surface area contributed by atoms with E-state index in [-0.39, 0.29) is 30.1 Å².